The minimum absolute atomic E-state index is 0.0404. The van der Waals surface area contributed by atoms with Gasteiger partial charge in [-0.05, 0) is 30.2 Å². The van der Waals surface area contributed by atoms with E-state index in [1.165, 1.54) is 0 Å². The Balaban J connectivity index is 2.67. The predicted octanol–water partition coefficient (Wildman–Crippen LogP) is 3.81. The number of nitrogens with one attached hydrogen (secondary N) is 1. The van der Waals surface area contributed by atoms with Crippen LogP contribution in [0.4, 0.5) is 4.79 Å². The number of alkyl carbamates (subject to hydrolysis) is 1. The molecule has 142 valence electrons. The molecule has 0 unspecified atom stereocenters. The zero-order valence-corrected chi connectivity index (χ0v) is 17.6. The van der Waals surface area contributed by atoms with E-state index in [0.717, 1.165) is 17.9 Å². The first-order chi connectivity index (χ1) is 11.5. The van der Waals surface area contributed by atoms with Gasteiger partial charge in [-0.1, -0.05) is 43.4 Å². The van der Waals surface area contributed by atoms with Crippen LogP contribution in [0.1, 0.15) is 18.0 Å². The van der Waals surface area contributed by atoms with Crippen molar-refractivity contribution in [3.63, 3.8) is 0 Å². The van der Waals surface area contributed by atoms with Crippen molar-refractivity contribution in [1.82, 2.24) is 5.32 Å². The summed E-state index contributed by atoms with van der Waals surface area (Å²) in [6.45, 7) is 6.93. The number of halogens is 1. The molecule has 0 aromatic heterocycles. The van der Waals surface area contributed by atoms with Gasteiger partial charge in [0.25, 0.3) is 10.1 Å². The first-order valence-corrected chi connectivity index (χ1v) is 13.9. The summed E-state index contributed by atoms with van der Waals surface area (Å²) in [6.07, 6.45) is 0.748. The molecule has 6 nitrogen and oxygen atoms in total. The molecule has 0 bridgehead atoms. The third kappa shape index (κ3) is 10.5. The number of amides is 1. The number of ether oxygens (including phenoxy) is 1. The number of benzene rings is 1. The van der Waals surface area contributed by atoms with E-state index in [4.69, 9.17) is 20.5 Å². The fourth-order valence-corrected chi connectivity index (χ4v) is 3.21. The number of hydrogen-bond donors (Lipinski definition) is 1. The maximum atomic E-state index is 12.0. The van der Waals surface area contributed by atoms with Gasteiger partial charge < -0.3 is 10.1 Å². The monoisotopic (exact) mass is 407 g/mol. The second-order valence-corrected chi connectivity index (χ2v) is 14.7. The SMILES string of the molecule is C[Si](C)(C)CCOC(=O)N[C@@H](CCOS(C)(=O)=O)c1ccc(Cl)cc1. The Labute approximate surface area is 156 Å². The van der Waals surface area contributed by atoms with Crippen LogP contribution in [0.5, 0.6) is 0 Å². The Morgan fingerprint density at radius 3 is 2.32 bits per heavy atom. The van der Waals surface area contributed by atoms with Crippen molar-refractivity contribution in [3.8, 4) is 0 Å². The molecule has 0 heterocycles. The van der Waals surface area contributed by atoms with Gasteiger partial charge in [0.15, 0.2) is 0 Å². The van der Waals surface area contributed by atoms with Crippen LogP contribution in [0, 0.1) is 0 Å². The second kappa shape index (κ2) is 9.56. The van der Waals surface area contributed by atoms with Crippen molar-refractivity contribution in [3.05, 3.63) is 34.9 Å². The largest absolute Gasteiger partial charge is 0.450 e. The topological polar surface area (TPSA) is 81.7 Å². The average Bonchev–Trinajstić information content (AvgIpc) is 2.44. The van der Waals surface area contributed by atoms with Crippen molar-refractivity contribution < 1.29 is 22.1 Å². The van der Waals surface area contributed by atoms with Crippen molar-refractivity contribution in [2.75, 3.05) is 19.5 Å². The molecule has 0 saturated carbocycles. The summed E-state index contributed by atoms with van der Waals surface area (Å²) >= 11 is 5.89. The number of rotatable bonds is 9. The highest BCUT2D eigenvalue weighted by Crippen LogP contribution is 2.20. The molecule has 0 aliphatic heterocycles. The Hall–Kier alpha value is -1.09. The molecule has 9 heteroatoms. The highest BCUT2D eigenvalue weighted by molar-refractivity contribution is 7.85. The van der Waals surface area contributed by atoms with Gasteiger partial charge in [-0.3, -0.25) is 4.18 Å². The summed E-state index contributed by atoms with van der Waals surface area (Å²) in [6, 6.07) is 7.41. The number of carbonyl (C=O) groups excluding carboxylic acids is 1. The lowest BCUT2D eigenvalue weighted by atomic mass is 10.0. The van der Waals surface area contributed by atoms with Crippen LogP contribution >= 0.6 is 11.6 Å². The zero-order valence-electron chi connectivity index (χ0n) is 15.0. The lowest BCUT2D eigenvalue weighted by Gasteiger charge is -2.20. The van der Waals surface area contributed by atoms with E-state index in [-0.39, 0.29) is 13.0 Å². The molecule has 25 heavy (non-hydrogen) atoms. The fraction of sp³-hybridized carbons (Fsp3) is 0.562. The average molecular weight is 408 g/mol. The third-order valence-electron chi connectivity index (χ3n) is 3.35. The quantitative estimate of drug-likeness (QED) is 0.497. The van der Waals surface area contributed by atoms with E-state index in [1.54, 1.807) is 24.3 Å². The van der Waals surface area contributed by atoms with Crippen LogP contribution in [0.25, 0.3) is 0 Å². The van der Waals surface area contributed by atoms with Gasteiger partial charge in [-0.15, -0.1) is 0 Å². The molecular weight excluding hydrogens is 382 g/mol. The highest BCUT2D eigenvalue weighted by atomic mass is 35.5. The van der Waals surface area contributed by atoms with Crippen molar-refractivity contribution in [1.29, 1.82) is 0 Å². The molecule has 1 aromatic carbocycles. The van der Waals surface area contributed by atoms with Crippen molar-refractivity contribution in [2.45, 2.75) is 38.1 Å². The maximum Gasteiger partial charge on any atom is 0.407 e. The van der Waals surface area contributed by atoms with Crippen LogP contribution in [0.2, 0.25) is 30.7 Å². The van der Waals surface area contributed by atoms with E-state index in [1.807, 2.05) is 0 Å². The minimum Gasteiger partial charge on any atom is -0.450 e. The molecule has 1 rings (SSSR count). The van der Waals surface area contributed by atoms with Crippen LogP contribution in [0.15, 0.2) is 24.3 Å². The summed E-state index contributed by atoms with van der Waals surface area (Å²) in [4.78, 5) is 12.0. The molecule has 0 aliphatic rings. The van der Waals surface area contributed by atoms with E-state index < -0.39 is 30.3 Å². The van der Waals surface area contributed by atoms with Gasteiger partial charge in [0, 0.05) is 13.1 Å². The Bertz CT molecular complexity index is 658. The van der Waals surface area contributed by atoms with E-state index >= 15 is 0 Å². The Morgan fingerprint density at radius 1 is 1.20 bits per heavy atom. The fourth-order valence-electron chi connectivity index (χ4n) is 1.97. The van der Waals surface area contributed by atoms with Crippen molar-refractivity contribution in [2.24, 2.45) is 0 Å². The first kappa shape index (κ1) is 21.9. The van der Waals surface area contributed by atoms with E-state index in [0.29, 0.717) is 11.6 Å². The minimum atomic E-state index is -3.53. The van der Waals surface area contributed by atoms with Crippen molar-refractivity contribution >= 4 is 35.9 Å². The number of carbonyl (C=O) groups is 1. The molecular formula is C16H26ClNO5SSi. The Morgan fingerprint density at radius 2 is 1.80 bits per heavy atom. The summed E-state index contributed by atoms with van der Waals surface area (Å²) in [5, 5.41) is 3.34. The standard InChI is InChI=1S/C16H26ClNO5SSi/c1-24(20,21)23-10-9-15(13-5-7-14(17)8-6-13)18-16(19)22-11-12-25(2,3)4/h5-8,15H,9-12H2,1-4H3,(H,18,19)/t15-/m0/s1. The van der Waals surface area contributed by atoms with Crippen LogP contribution < -0.4 is 5.32 Å². The number of hydrogen-bond acceptors (Lipinski definition) is 5. The molecule has 0 aliphatic carbocycles. The van der Waals surface area contributed by atoms with Gasteiger partial charge in [-0.2, -0.15) is 8.42 Å². The van der Waals surface area contributed by atoms with Gasteiger partial charge in [0.2, 0.25) is 0 Å². The molecule has 1 amide bonds. The lowest BCUT2D eigenvalue weighted by Crippen LogP contribution is -2.31. The lowest BCUT2D eigenvalue weighted by molar-refractivity contribution is 0.145. The van der Waals surface area contributed by atoms with Gasteiger partial charge in [0.1, 0.15) is 0 Å². The molecule has 1 atom stereocenters. The van der Waals surface area contributed by atoms with Crippen LogP contribution in [-0.4, -0.2) is 42.1 Å². The zero-order chi connectivity index (χ0) is 19.1. The molecule has 0 radical (unpaired) electrons. The first-order valence-electron chi connectivity index (χ1n) is 7.99. The molecule has 1 N–H and O–H groups in total. The predicted molar refractivity (Wildman–Crippen MR) is 102 cm³/mol. The van der Waals surface area contributed by atoms with Crippen LogP contribution in [-0.2, 0) is 19.0 Å². The second-order valence-electron chi connectivity index (χ2n) is 7.01. The smallest absolute Gasteiger partial charge is 0.407 e. The Kier molecular flexibility index (Phi) is 8.39. The van der Waals surface area contributed by atoms with Gasteiger partial charge >= 0.3 is 6.09 Å². The van der Waals surface area contributed by atoms with E-state index in [2.05, 4.69) is 25.0 Å². The normalized spacial score (nSPS) is 13.3. The van der Waals surface area contributed by atoms with Crippen LogP contribution in [0.3, 0.4) is 0 Å². The maximum absolute atomic E-state index is 12.0. The molecule has 0 fully saturated rings. The molecule has 0 spiro atoms. The van der Waals surface area contributed by atoms with Gasteiger partial charge in [-0.25, -0.2) is 4.79 Å². The summed E-state index contributed by atoms with van der Waals surface area (Å²) in [5.74, 6) is 0. The summed E-state index contributed by atoms with van der Waals surface area (Å²) in [7, 11) is -4.81. The molecule has 1 aromatic rings. The highest BCUT2D eigenvalue weighted by Gasteiger charge is 2.18. The summed E-state index contributed by atoms with van der Waals surface area (Å²) < 4.78 is 32.2. The van der Waals surface area contributed by atoms with E-state index in [9.17, 15) is 13.2 Å². The van der Waals surface area contributed by atoms with Gasteiger partial charge in [0.05, 0.1) is 25.5 Å². The third-order valence-corrected chi connectivity index (χ3v) is 5.90. The summed E-state index contributed by atoms with van der Waals surface area (Å²) in [5.41, 5.74) is 0.795. The molecule has 0 saturated heterocycles.